The summed E-state index contributed by atoms with van der Waals surface area (Å²) in [5, 5.41) is 2.60. The first-order chi connectivity index (χ1) is 8.35. The summed E-state index contributed by atoms with van der Waals surface area (Å²) in [6.07, 6.45) is 0.407. The number of sulfone groups is 1. The fourth-order valence-electron chi connectivity index (χ4n) is 1.86. The van der Waals surface area contributed by atoms with Crippen LogP contribution in [-0.2, 0) is 9.84 Å². The van der Waals surface area contributed by atoms with E-state index in [-0.39, 0.29) is 23.1 Å². The summed E-state index contributed by atoms with van der Waals surface area (Å²) < 4.78 is 36.1. The van der Waals surface area contributed by atoms with Crippen LogP contribution in [0.1, 0.15) is 16.8 Å². The molecule has 7 heteroatoms. The highest BCUT2D eigenvalue weighted by molar-refractivity contribution is 9.10. The van der Waals surface area contributed by atoms with Crippen molar-refractivity contribution in [2.75, 3.05) is 11.5 Å². The number of benzene rings is 1. The van der Waals surface area contributed by atoms with Gasteiger partial charge in [0.05, 0.1) is 11.5 Å². The second kappa shape index (κ2) is 4.97. The van der Waals surface area contributed by atoms with Crippen LogP contribution >= 0.6 is 15.9 Å². The number of halogens is 2. The topological polar surface area (TPSA) is 63.2 Å². The molecule has 18 heavy (non-hydrogen) atoms. The lowest BCUT2D eigenvalue weighted by Gasteiger charge is -2.11. The third kappa shape index (κ3) is 3.29. The Balaban J connectivity index is 2.08. The van der Waals surface area contributed by atoms with E-state index in [9.17, 15) is 17.6 Å². The van der Waals surface area contributed by atoms with Crippen LogP contribution in [0.4, 0.5) is 4.39 Å². The average Bonchev–Trinajstić information content (AvgIpc) is 2.56. The maximum atomic E-state index is 13.1. The van der Waals surface area contributed by atoms with Gasteiger partial charge in [-0.05, 0) is 24.6 Å². The molecule has 1 aromatic carbocycles. The first-order valence-electron chi connectivity index (χ1n) is 5.33. The van der Waals surface area contributed by atoms with Crippen molar-refractivity contribution in [2.45, 2.75) is 12.5 Å². The second-order valence-electron chi connectivity index (χ2n) is 4.23. The van der Waals surface area contributed by atoms with E-state index in [4.69, 9.17) is 0 Å². The van der Waals surface area contributed by atoms with Crippen molar-refractivity contribution in [2.24, 2.45) is 0 Å². The van der Waals surface area contributed by atoms with E-state index in [1.54, 1.807) is 0 Å². The van der Waals surface area contributed by atoms with Crippen molar-refractivity contribution in [3.8, 4) is 0 Å². The Morgan fingerprint density at radius 3 is 2.67 bits per heavy atom. The van der Waals surface area contributed by atoms with E-state index in [1.165, 1.54) is 12.1 Å². The van der Waals surface area contributed by atoms with E-state index < -0.39 is 21.6 Å². The van der Waals surface area contributed by atoms with E-state index >= 15 is 0 Å². The Morgan fingerprint density at radius 1 is 1.39 bits per heavy atom. The third-order valence-electron chi connectivity index (χ3n) is 2.69. The van der Waals surface area contributed by atoms with Gasteiger partial charge in [-0.2, -0.15) is 0 Å². The highest BCUT2D eigenvalue weighted by Gasteiger charge is 2.29. The van der Waals surface area contributed by atoms with Crippen molar-refractivity contribution < 1.29 is 17.6 Å². The van der Waals surface area contributed by atoms with Gasteiger partial charge in [0, 0.05) is 16.1 Å². The van der Waals surface area contributed by atoms with Crippen LogP contribution in [0, 0.1) is 5.82 Å². The minimum absolute atomic E-state index is 0.0464. The van der Waals surface area contributed by atoms with Gasteiger partial charge in [0.2, 0.25) is 0 Å². The number of hydrogen-bond acceptors (Lipinski definition) is 3. The molecule has 1 atom stereocenters. The van der Waals surface area contributed by atoms with Gasteiger partial charge in [0.25, 0.3) is 5.91 Å². The maximum Gasteiger partial charge on any atom is 0.251 e. The molecule has 0 bridgehead atoms. The highest BCUT2D eigenvalue weighted by Crippen LogP contribution is 2.16. The monoisotopic (exact) mass is 335 g/mol. The normalized spacial score (nSPS) is 21.8. The van der Waals surface area contributed by atoms with Gasteiger partial charge >= 0.3 is 0 Å². The molecule has 1 aromatic rings. The van der Waals surface area contributed by atoms with Crippen molar-refractivity contribution in [3.63, 3.8) is 0 Å². The van der Waals surface area contributed by atoms with Gasteiger partial charge in [-0.15, -0.1) is 0 Å². The zero-order valence-electron chi connectivity index (χ0n) is 9.32. The Kier molecular flexibility index (Phi) is 3.72. The summed E-state index contributed by atoms with van der Waals surface area (Å²) in [4.78, 5) is 11.8. The number of hydrogen-bond donors (Lipinski definition) is 1. The van der Waals surface area contributed by atoms with Crippen LogP contribution in [0.5, 0.6) is 0 Å². The van der Waals surface area contributed by atoms with Gasteiger partial charge in [-0.3, -0.25) is 4.79 Å². The molecule has 1 fully saturated rings. The maximum absolute atomic E-state index is 13.1. The van der Waals surface area contributed by atoms with E-state index in [2.05, 4.69) is 21.2 Å². The lowest BCUT2D eigenvalue weighted by molar-refractivity contribution is 0.0940. The molecule has 2 rings (SSSR count). The van der Waals surface area contributed by atoms with Crippen molar-refractivity contribution in [1.29, 1.82) is 0 Å². The number of amides is 1. The molecule has 0 saturated carbocycles. The quantitative estimate of drug-likeness (QED) is 0.890. The minimum atomic E-state index is -3.04. The van der Waals surface area contributed by atoms with Crippen LogP contribution in [0.15, 0.2) is 22.7 Å². The van der Waals surface area contributed by atoms with Crippen LogP contribution in [-0.4, -0.2) is 31.9 Å². The van der Waals surface area contributed by atoms with E-state index in [0.717, 1.165) is 6.07 Å². The molecule has 0 spiro atoms. The number of rotatable bonds is 2. The van der Waals surface area contributed by atoms with Crippen LogP contribution in [0.2, 0.25) is 0 Å². The van der Waals surface area contributed by atoms with Crippen molar-refractivity contribution in [3.05, 3.63) is 34.1 Å². The number of nitrogens with one attached hydrogen (secondary N) is 1. The largest absolute Gasteiger partial charge is 0.348 e. The number of carbonyl (C=O) groups is 1. The SMILES string of the molecule is O=C(N[C@H]1CCS(=O)(=O)C1)c1cc(F)cc(Br)c1. The van der Waals surface area contributed by atoms with Gasteiger partial charge in [0.1, 0.15) is 5.82 Å². The van der Waals surface area contributed by atoms with Crippen LogP contribution < -0.4 is 5.32 Å². The lowest BCUT2D eigenvalue weighted by Crippen LogP contribution is -2.35. The molecular formula is C11H11BrFNO3S. The zero-order chi connectivity index (χ0) is 13.3. The minimum Gasteiger partial charge on any atom is -0.348 e. The molecule has 1 aliphatic heterocycles. The first kappa shape index (κ1) is 13.5. The predicted octanol–water partition coefficient (Wildman–Crippen LogP) is 1.51. The molecular weight excluding hydrogens is 325 g/mol. The average molecular weight is 336 g/mol. The zero-order valence-corrected chi connectivity index (χ0v) is 11.7. The van der Waals surface area contributed by atoms with Crippen LogP contribution in [0.25, 0.3) is 0 Å². The molecule has 0 radical (unpaired) electrons. The molecule has 1 aliphatic rings. The molecule has 1 saturated heterocycles. The molecule has 98 valence electrons. The molecule has 0 aromatic heterocycles. The summed E-state index contributed by atoms with van der Waals surface area (Å²) in [6.45, 7) is 0. The Hall–Kier alpha value is -0.950. The molecule has 1 amide bonds. The number of carbonyl (C=O) groups excluding carboxylic acids is 1. The summed E-state index contributed by atoms with van der Waals surface area (Å²) >= 11 is 3.10. The summed E-state index contributed by atoms with van der Waals surface area (Å²) in [7, 11) is -3.04. The van der Waals surface area contributed by atoms with Crippen LogP contribution in [0.3, 0.4) is 0 Å². The smallest absolute Gasteiger partial charge is 0.251 e. The fraction of sp³-hybridized carbons (Fsp3) is 0.364. The molecule has 1 N–H and O–H groups in total. The Bertz CT molecular complexity index is 568. The molecule has 0 aliphatic carbocycles. The third-order valence-corrected chi connectivity index (χ3v) is 4.92. The predicted molar refractivity (Wildman–Crippen MR) is 68.6 cm³/mol. The van der Waals surface area contributed by atoms with Gasteiger partial charge in [-0.25, -0.2) is 12.8 Å². The molecule has 1 heterocycles. The van der Waals surface area contributed by atoms with Gasteiger partial charge in [-0.1, -0.05) is 15.9 Å². The fourth-order valence-corrected chi connectivity index (χ4v) is 4.00. The summed E-state index contributed by atoms with van der Waals surface area (Å²) in [6, 6.07) is 3.46. The Labute approximate surface area is 113 Å². The highest BCUT2D eigenvalue weighted by atomic mass is 79.9. The van der Waals surface area contributed by atoms with Crippen molar-refractivity contribution >= 4 is 31.7 Å². The van der Waals surface area contributed by atoms with Gasteiger partial charge < -0.3 is 5.32 Å². The van der Waals surface area contributed by atoms with E-state index in [0.29, 0.717) is 10.9 Å². The molecule has 4 nitrogen and oxygen atoms in total. The summed E-state index contributed by atoms with van der Waals surface area (Å²) in [5.74, 6) is -0.939. The first-order valence-corrected chi connectivity index (χ1v) is 7.94. The van der Waals surface area contributed by atoms with Crippen molar-refractivity contribution in [1.82, 2.24) is 5.32 Å². The molecule has 0 unspecified atom stereocenters. The van der Waals surface area contributed by atoms with Gasteiger partial charge in [0.15, 0.2) is 9.84 Å². The lowest BCUT2D eigenvalue weighted by atomic mass is 10.2. The second-order valence-corrected chi connectivity index (χ2v) is 7.38. The standard InChI is InChI=1S/C11H11BrFNO3S/c12-8-3-7(4-9(13)5-8)11(15)14-10-1-2-18(16,17)6-10/h3-5,10H,1-2,6H2,(H,14,15)/t10-/m0/s1. The Morgan fingerprint density at radius 2 is 2.11 bits per heavy atom. The van der Waals surface area contributed by atoms with E-state index in [1.807, 2.05) is 0 Å². The summed E-state index contributed by atoms with van der Waals surface area (Å²) in [5.41, 5.74) is 0.172.